The lowest BCUT2D eigenvalue weighted by Gasteiger charge is -2.19. The highest BCUT2D eigenvalue weighted by molar-refractivity contribution is 6.30. The number of aromatic amines is 1. The molecule has 264 valence electrons. The average molecular weight is 699 g/mol. The molecule has 1 atom stereocenters. The number of ether oxygens (including phenoxy) is 2. The van der Waals surface area contributed by atoms with Gasteiger partial charge >= 0.3 is 11.9 Å². The van der Waals surface area contributed by atoms with Crippen LogP contribution in [0.15, 0.2) is 120 Å². The normalized spacial score (nSPS) is 12.5. The number of hydrogen-bond donors (Lipinski definition) is 2. The van der Waals surface area contributed by atoms with Gasteiger partial charge in [-0.05, 0) is 80.8 Å². The van der Waals surface area contributed by atoms with E-state index in [9.17, 15) is 19.2 Å². The Morgan fingerprint density at radius 3 is 2.06 bits per heavy atom. The Kier molecular flexibility index (Phi) is 18.5. The number of carbonyl (C=O) groups is 3. The van der Waals surface area contributed by atoms with Crippen LogP contribution in [-0.4, -0.2) is 42.1 Å². The first-order valence-corrected chi connectivity index (χ1v) is 17.5. The molecule has 0 saturated heterocycles. The molecule has 1 unspecified atom stereocenters. The van der Waals surface area contributed by atoms with E-state index in [-0.39, 0.29) is 37.6 Å². The largest absolute Gasteiger partial charge is 0.462 e. The van der Waals surface area contributed by atoms with Gasteiger partial charge < -0.3 is 19.8 Å². The maximum absolute atomic E-state index is 13.2. The van der Waals surface area contributed by atoms with Crippen LogP contribution in [0, 0.1) is 0 Å². The van der Waals surface area contributed by atoms with E-state index in [2.05, 4.69) is 78.0 Å². The zero-order chi connectivity index (χ0) is 35.8. The second kappa shape index (κ2) is 23.4. The minimum atomic E-state index is -1.11. The van der Waals surface area contributed by atoms with Crippen molar-refractivity contribution in [1.29, 1.82) is 0 Å². The smallest absolute Gasteiger partial charge is 0.329 e. The van der Waals surface area contributed by atoms with Crippen LogP contribution in [0.25, 0.3) is 10.9 Å². The Balaban J connectivity index is 1.38. The number of fused-ring (bicyclic) bond motifs is 1. The number of unbranched alkanes of at least 4 members (excludes halogenated alkanes) is 1. The summed E-state index contributed by atoms with van der Waals surface area (Å²) in [7, 11) is 0. The monoisotopic (exact) mass is 698 g/mol. The number of hydrogen-bond acceptors (Lipinski definition) is 6. The molecule has 1 aromatic heterocycles. The van der Waals surface area contributed by atoms with Gasteiger partial charge in [0, 0.05) is 40.4 Å². The van der Waals surface area contributed by atoms with E-state index >= 15 is 0 Å². The van der Waals surface area contributed by atoms with Gasteiger partial charge in [-0.15, -0.1) is 0 Å². The first-order chi connectivity index (χ1) is 24.4. The van der Waals surface area contributed by atoms with Crippen molar-refractivity contribution in [2.45, 2.75) is 70.8 Å². The Labute approximate surface area is 299 Å². The van der Waals surface area contributed by atoms with Gasteiger partial charge in [-0.25, -0.2) is 4.79 Å². The van der Waals surface area contributed by atoms with Crippen LogP contribution < -0.4 is 10.9 Å². The van der Waals surface area contributed by atoms with Crippen LogP contribution in [0.5, 0.6) is 0 Å². The molecule has 0 saturated carbocycles. The Morgan fingerprint density at radius 2 is 1.40 bits per heavy atom. The molecule has 3 rings (SSSR count). The first kappa shape index (κ1) is 39.5. The lowest BCUT2D eigenvalue weighted by Crippen LogP contribution is -2.44. The molecule has 2 N–H and O–H groups in total. The molecule has 0 bridgehead atoms. The topological polar surface area (TPSA) is 115 Å². The molecule has 3 aromatic rings. The number of carbonyl (C=O) groups excluding carboxylic acids is 3. The van der Waals surface area contributed by atoms with Gasteiger partial charge in [0.15, 0.2) is 0 Å². The van der Waals surface area contributed by atoms with E-state index in [1.54, 1.807) is 36.4 Å². The van der Waals surface area contributed by atoms with Gasteiger partial charge in [0.1, 0.15) is 19.3 Å². The van der Waals surface area contributed by atoms with Crippen molar-refractivity contribution in [2.75, 3.05) is 13.2 Å². The van der Waals surface area contributed by atoms with Crippen molar-refractivity contribution in [2.24, 2.45) is 0 Å². The van der Waals surface area contributed by atoms with Gasteiger partial charge in [0.05, 0.1) is 0 Å². The predicted molar refractivity (Wildman–Crippen MR) is 201 cm³/mol. The summed E-state index contributed by atoms with van der Waals surface area (Å²) in [5.41, 5.74) is 1.16. The SMILES string of the molecule is CC/C=C\C/C=C\C/C=C\C/C=C\C/C=C\CCCC(=O)OCCOC(=O)C(Cc1cc(=O)[nH]c2ccccc12)NC(=O)c1ccc(Cl)cc1. The molecule has 0 fully saturated rings. The van der Waals surface area contributed by atoms with E-state index in [0.29, 0.717) is 28.1 Å². The van der Waals surface area contributed by atoms with Gasteiger partial charge in [-0.3, -0.25) is 14.4 Å². The summed E-state index contributed by atoms with van der Waals surface area (Å²) < 4.78 is 10.6. The minimum absolute atomic E-state index is 0.0121. The number of rotatable bonds is 21. The molecule has 1 heterocycles. The summed E-state index contributed by atoms with van der Waals surface area (Å²) >= 11 is 5.95. The van der Waals surface area contributed by atoms with E-state index in [0.717, 1.165) is 43.9 Å². The van der Waals surface area contributed by atoms with Gasteiger partial charge in [-0.2, -0.15) is 0 Å². The minimum Gasteiger partial charge on any atom is -0.462 e. The quantitative estimate of drug-likeness (QED) is 0.0655. The summed E-state index contributed by atoms with van der Waals surface area (Å²) in [6, 6.07) is 13.7. The van der Waals surface area contributed by atoms with Crippen LogP contribution >= 0.6 is 11.6 Å². The third kappa shape index (κ3) is 15.5. The maximum atomic E-state index is 13.2. The predicted octanol–water partition coefficient (Wildman–Crippen LogP) is 8.53. The second-order valence-electron chi connectivity index (χ2n) is 11.4. The number of nitrogens with one attached hydrogen (secondary N) is 2. The van der Waals surface area contributed by atoms with Gasteiger partial charge in [0.2, 0.25) is 5.56 Å². The zero-order valence-corrected chi connectivity index (χ0v) is 29.4. The molecule has 9 heteroatoms. The fourth-order valence-electron chi connectivity index (χ4n) is 4.91. The van der Waals surface area contributed by atoms with Gasteiger partial charge in [0.25, 0.3) is 5.91 Å². The van der Waals surface area contributed by atoms with Crippen LogP contribution in [0.4, 0.5) is 0 Å². The highest BCUT2D eigenvalue weighted by Gasteiger charge is 2.25. The van der Waals surface area contributed by atoms with Crippen LogP contribution in [0.1, 0.15) is 74.2 Å². The average Bonchev–Trinajstić information content (AvgIpc) is 3.11. The van der Waals surface area contributed by atoms with Crippen molar-refractivity contribution in [1.82, 2.24) is 10.3 Å². The molecule has 0 aliphatic heterocycles. The Bertz CT molecular complexity index is 1720. The molecule has 0 aliphatic rings. The summed E-state index contributed by atoms with van der Waals surface area (Å²) in [5.74, 6) is -1.60. The summed E-state index contributed by atoms with van der Waals surface area (Å²) in [5, 5.41) is 3.92. The number of pyridine rings is 1. The standard InChI is InChI=1S/C41H47ClN2O6/c1-2-3-4-5-6-7-8-9-10-11-12-13-14-15-16-17-18-23-39(46)49-28-29-50-41(48)37(44-40(47)32-24-26-34(42)27-25-32)30-33-31-38(45)43-36-22-20-19-21-35(33)36/h3-4,6-7,9-10,12-13,15-16,19-22,24-27,31,37H,2,5,8,11,14,17-18,23,28-30H2,1H3,(H,43,45)(H,44,47)/b4-3-,7-6-,10-9-,13-12-,16-15-. The fraction of sp³-hybridized carbons (Fsp3) is 0.317. The van der Waals surface area contributed by atoms with Crippen LogP contribution in [0.3, 0.4) is 0 Å². The molecule has 2 aromatic carbocycles. The van der Waals surface area contributed by atoms with Crippen molar-refractivity contribution in [3.05, 3.63) is 142 Å². The second-order valence-corrected chi connectivity index (χ2v) is 11.9. The molecular formula is C41H47ClN2O6. The third-order valence-corrected chi connectivity index (χ3v) is 7.71. The number of para-hydroxylation sites is 1. The van der Waals surface area contributed by atoms with Crippen LogP contribution in [0.2, 0.25) is 5.02 Å². The third-order valence-electron chi connectivity index (χ3n) is 7.46. The maximum Gasteiger partial charge on any atom is 0.329 e. The van der Waals surface area contributed by atoms with Crippen molar-refractivity contribution < 1.29 is 23.9 Å². The lowest BCUT2D eigenvalue weighted by atomic mass is 10.0. The van der Waals surface area contributed by atoms with Gasteiger partial charge in [-0.1, -0.05) is 97.5 Å². The Hall–Kier alpha value is -4.95. The Morgan fingerprint density at radius 1 is 0.800 bits per heavy atom. The number of H-pyrrole nitrogens is 1. The molecule has 8 nitrogen and oxygen atoms in total. The van der Waals surface area contributed by atoms with E-state index in [1.807, 2.05) is 12.1 Å². The summed E-state index contributed by atoms with van der Waals surface area (Å²) in [4.78, 5) is 53.4. The van der Waals surface area contributed by atoms with E-state index in [4.69, 9.17) is 21.1 Å². The molecule has 0 spiro atoms. The molecule has 0 aliphatic carbocycles. The van der Waals surface area contributed by atoms with Crippen molar-refractivity contribution >= 4 is 40.3 Å². The summed E-state index contributed by atoms with van der Waals surface area (Å²) in [6.07, 6.45) is 27.8. The first-order valence-electron chi connectivity index (χ1n) is 17.1. The van der Waals surface area contributed by atoms with Crippen LogP contribution in [-0.2, 0) is 25.5 Å². The molecule has 50 heavy (non-hydrogen) atoms. The highest BCUT2D eigenvalue weighted by Crippen LogP contribution is 2.17. The molecule has 1 amide bonds. The number of halogens is 1. The lowest BCUT2D eigenvalue weighted by molar-refractivity contribution is -0.153. The fourth-order valence-corrected chi connectivity index (χ4v) is 5.03. The van der Waals surface area contributed by atoms with E-state index < -0.39 is 17.9 Å². The number of benzene rings is 2. The zero-order valence-electron chi connectivity index (χ0n) is 28.7. The van der Waals surface area contributed by atoms with E-state index in [1.165, 1.54) is 6.07 Å². The molecule has 0 radical (unpaired) electrons. The number of allylic oxidation sites excluding steroid dienone is 10. The number of esters is 2. The summed E-state index contributed by atoms with van der Waals surface area (Å²) in [6.45, 7) is 1.84. The van der Waals surface area contributed by atoms with Crippen molar-refractivity contribution in [3.8, 4) is 0 Å². The van der Waals surface area contributed by atoms with Crippen molar-refractivity contribution in [3.63, 3.8) is 0 Å². The number of amides is 1. The number of aromatic nitrogens is 1. The molecular weight excluding hydrogens is 652 g/mol. The highest BCUT2D eigenvalue weighted by atomic mass is 35.5.